The van der Waals surface area contributed by atoms with Crippen molar-refractivity contribution in [1.82, 2.24) is 0 Å². The zero-order valence-corrected chi connectivity index (χ0v) is 10.4. The van der Waals surface area contributed by atoms with Gasteiger partial charge in [0.2, 0.25) is 0 Å². The second kappa shape index (κ2) is 7.42. The first-order chi connectivity index (χ1) is 7.74. The number of rotatable bonds is 7. The van der Waals surface area contributed by atoms with Crippen LogP contribution in [-0.4, -0.2) is 13.2 Å². The van der Waals surface area contributed by atoms with E-state index in [4.69, 9.17) is 10.5 Å². The van der Waals surface area contributed by atoms with Crippen molar-refractivity contribution in [3.63, 3.8) is 0 Å². The summed E-state index contributed by atoms with van der Waals surface area (Å²) in [4.78, 5) is 0. The Hall–Kier alpha value is -0.860. The van der Waals surface area contributed by atoms with Crippen molar-refractivity contribution in [2.45, 2.75) is 32.7 Å². The van der Waals surface area contributed by atoms with Gasteiger partial charge >= 0.3 is 0 Å². The van der Waals surface area contributed by atoms with E-state index in [1.807, 2.05) is 30.3 Å². The predicted octanol–water partition coefficient (Wildman–Crippen LogP) is 3.14. The van der Waals surface area contributed by atoms with E-state index in [1.165, 1.54) is 12.8 Å². The molecule has 90 valence electrons. The average Bonchev–Trinajstić information content (AvgIpc) is 2.30. The molecule has 2 heteroatoms. The molecule has 0 aliphatic rings. The highest BCUT2D eigenvalue weighted by atomic mass is 16.5. The lowest BCUT2D eigenvalue weighted by Crippen LogP contribution is -2.19. The molecule has 0 spiro atoms. The van der Waals surface area contributed by atoms with Gasteiger partial charge in [-0.2, -0.15) is 0 Å². The van der Waals surface area contributed by atoms with Crippen LogP contribution in [0.4, 0.5) is 0 Å². The second-order valence-corrected chi connectivity index (χ2v) is 4.45. The van der Waals surface area contributed by atoms with Crippen molar-refractivity contribution in [3.05, 3.63) is 35.9 Å². The van der Waals surface area contributed by atoms with Gasteiger partial charge < -0.3 is 10.5 Å². The number of ether oxygens (including phenoxy) is 1. The Morgan fingerprint density at radius 3 is 2.50 bits per heavy atom. The molecular weight excluding hydrogens is 198 g/mol. The predicted molar refractivity (Wildman–Crippen MR) is 68.3 cm³/mol. The highest BCUT2D eigenvalue weighted by Crippen LogP contribution is 2.11. The summed E-state index contributed by atoms with van der Waals surface area (Å²) in [5.41, 5.74) is 7.17. The van der Waals surface area contributed by atoms with Gasteiger partial charge in [-0.15, -0.1) is 0 Å². The molecule has 2 N–H and O–H groups in total. The average molecular weight is 221 g/mol. The fourth-order valence-electron chi connectivity index (χ4n) is 1.77. The lowest BCUT2D eigenvalue weighted by molar-refractivity contribution is 0.0909. The second-order valence-electron chi connectivity index (χ2n) is 4.45. The van der Waals surface area contributed by atoms with E-state index in [2.05, 4.69) is 13.8 Å². The molecule has 2 atom stereocenters. The van der Waals surface area contributed by atoms with Crippen LogP contribution in [0.1, 0.15) is 38.3 Å². The SMILES string of the molecule is CCCC(C)COCC(N)c1ccccc1. The van der Waals surface area contributed by atoms with Crippen LogP contribution in [0.2, 0.25) is 0 Å². The van der Waals surface area contributed by atoms with E-state index in [0.717, 1.165) is 12.2 Å². The Labute approximate surface area is 98.8 Å². The number of hydrogen-bond donors (Lipinski definition) is 1. The maximum Gasteiger partial charge on any atom is 0.0659 e. The van der Waals surface area contributed by atoms with E-state index < -0.39 is 0 Å². The first kappa shape index (κ1) is 13.2. The van der Waals surface area contributed by atoms with E-state index in [1.54, 1.807) is 0 Å². The molecule has 0 aliphatic heterocycles. The van der Waals surface area contributed by atoms with Gasteiger partial charge in [0.05, 0.1) is 12.6 Å². The molecule has 0 aromatic heterocycles. The monoisotopic (exact) mass is 221 g/mol. The number of benzene rings is 1. The Balaban J connectivity index is 2.23. The molecule has 0 saturated carbocycles. The first-order valence-electron chi connectivity index (χ1n) is 6.12. The van der Waals surface area contributed by atoms with Gasteiger partial charge in [-0.05, 0) is 17.9 Å². The van der Waals surface area contributed by atoms with E-state index in [0.29, 0.717) is 12.5 Å². The zero-order valence-electron chi connectivity index (χ0n) is 10.4. The van der Waals surface area contributed by atoms with E-state index >= 15 is 0 Å². The lowest BCUT2D eigenvalue weighted by atomic mass is 10.1. The highest BCUT2D eigenvalue weighted by molar-refractivity contribution is 5.18. The first-order valence-corrected chi connectivity index (χ1v) is 6.12. The molecule has 0 saturated heterocycles. The Morgan fingerprint density at radius 2 is 1.88 bits per heavy atom. The Kier molecular flexibility index (Phi) is 6.12. The van der Waals surface area contributed by atoms with Crippen LogP contribution >= 0.6 is 0 Å². The van der Waals surface area contributed by atoms with Gasteiger partial charge in [0.25, 0.3) is 0 Å². The van der Waals surface area contributed by atoms with Crippen molar-refractivity contribution >= 4 is 0 Å². The smallest absolute Gasteiger partial charge is 0.0659 e. The van der Waals surface area contributed by atoms with Crippen molar-refractivity contribution in [1.29, 1.82) is 0 Å². The quantitative estimate of drug-likeness (QED) is 0.767. The van der Waals surface area contributed by atoms with Gasteiger partial charge in [-0.25, -0.2) is 0 Å². The summed E-state index contributed by atoms with van der Waals surface area (Å²) in [6.45, 7) is 5.84. The Morgan fingerprint density at radius 1 is 1.19 bits per heavy atom. The molecule has 0 heterocycles. The summed E-state index contributed by atoms with van der Waals surface area (Å²) in [5.74, 6) is 0.632. The molecular formula is C14H23NO. The van der Waals surface area contributed by atoms with Crippen LogP contribution in [0, 0.1) is 5.92 Å². The van der Waals surface area contributed by atoms with E-state index in [9.17, 15) is 0 Å². The molecule has 1 aromatic rings. The van der Waals surface area contributed by atoms with Gasteiger partial charge in [0.15, 0.2) is 0 Å². The van der Waals surface area contributed by atoms with Crippen LogP contribution < -0.4 is 5.73 Å². The summed E-state index contributed by atoms with van der Waals surface area (Å²) < 4.78 is 5.64. The van der Waals surface area contributed by atoms with Crippen molar-refractivity contribution in [2.75, 3.05) is 13.2 Å². The minimum Gasteiger partial charge on any atom is -0.379 e. The summed E-state index contributed by atoms with van der Waals surface area (Å²) in [7, 11) is 0. The fourth-order valence-corrected chi connectivity index (χ4v) is 1.77. The molecule has 0 radical (unpaired) electrons. The molecule has 0 bridgehead atoms. The summed E-state index contributed by atoms with van der Waals surface area (Å²) in [6, 6.07) is 10.1. The van der Waals surface area contributed by atoms with Crippen LogP contribution in [0.25, 0.3) is 0 Å². The van der Waals surface area contributed by atoms with Gasteiger partial charge in [0.1, 0.15) is 0 Å². The largest absolute Gasteiger partial charge is 0.379 e. The third kappa shape index (κ3) is 4.77. The van der Waals surface area contributed by atoms with Gasteiger partial charge in [-0.1, -0.05) is 50.6 Å². The Bertz CT molecular complexity index is 273. The van der Waals surface area contributed by atoms with E-state index in [-0.39, 0.29) is 6.04 Å². The summed E-state index contributed by atoms with van der Waals surface area (Å²) in [6.07, 6.45) is 2.44. The fraction of sp³-hybridized carbons (Fsp3) is 0.571. The summed E-state index contributed by atoms with van der Waals surface area (Å²) >= 11 is 0. The van der Waals surface area contributed by atoms with Crippen LogP contribution in [0.15, 0.2) is 30.3 Å². The lowest BCUT2D eigenvalue weighted by Gasteiger charge is -2.15. The topological polar surface area (TPSA) is 35.2 Å². The molecule has 0 fully saturated rings. The molecule has 2 nitrogen and oxygen atoms in total. The maximum absolute atomic E-state index is 6.03. The normalized spacial score (nSPS) is 14.7. The van der Waals surface area contributed by atoms with Crippen LogP contribution in [0.3, 0.4) is 0 Å². The maximum atomic E-state index is 6.03. The molecule has 1 rings (SSSR count). The van der Waals surface area contributed by atoms with Crippen molar-refractivity contribution < 1.29 is 4.74 Å². The molecule has 1 aromatic carbocycles. The molecule has 0 aliphatic carbocycles. The molecule has 16 heavy (non-hydrogen) atoms. The third-order valence-corrected chi connectivity index (χ3v) is 2.71. The minimum absolute atomic E-state index is 0.00461. The standard InChI is InChI=1S/C14H23NO/c1-3-7-12(2)10-16-11-14(15)13-8-5-4-6-9-13/h4-6,8-9,12,14H,3,7,10-11,15H2,1-2H3. The van der Waals surface area contributed by atoms with Gasteiger partial charge in [-0.3, -0.25) is 0 Å². The van der Waals surface area contributed by atoms with Gasteiger partial charge in [0, 0.05) is 6.61 Å². The number of hydrogen-bond acceptors (Lipinski definition) is 2. The van der Waals surface area contributed by atoms with Crippen LogP contribution in [-0.2, 0) is 4.74 Å². The molecule has 2 unspecified atom stereocenters. The van der Waals surface area contributed by atoms with Crippen molar-refractivity contribution in [2.24, 2.45) is 11.7 Å². The summed E-state index contributed by atoms with van der Waals surface area (Å²) in [5, 5.41) is 0. The van der Waals surface area contributed by atoms with Crippen LogP contribution in [0.5, 0.6) is 0 Å². The number of nitrogens with two attached hydrogens (primary N) is 1. The third-order valence-electron chi connectivity index (χ3n) is 2.71. The molecule has 0 amide bonds. The highest BCUT2D eigenvalue weighted by Gasteiger charge is 2.06. The van der Waals surface area contributed by atoms with Crippen molar-refractivity contribution in [3.8, 4) is 0 Å². The minimum atomic E-state index is -0.00461. The zero-order chi connectivity index (χ0) is 11.8.